The van der Waals surface area contributed by atoms with Gasteiger partial charge in [-0.05, 0) is 37.3 Å². The van der Waals surface area contributed by atoms with E-state index in [1.165, 1.54) is 19.5 Å². The van der Waals surface area contributed by atoms with Crippen molar-refractivity contribution in [3.8, 4) is 5.75 Å². The minimum atomic E-state index is -1.19. The molecule has 2 aromatic heterocycles. The molecule has 0 aliphatic carbocycles. The van der Waals surface area contributed by atoms with Crippen molar-refractivity contribution in [3.05, 3.63) is 71.6 Å². The zero-order chi connectivity index (χ0) is 25.5. The van der Waals surface area contributed by atoms with Crippen LogP contribution in [0.1, 0.15) is 33.9 Å². The highest BCUT2D eigenvalue weighted by molar-refractivity contribution is 5.99. The molecule has 11 heteroatoms. The van der Waals surface area contributed by atoms with Gasteiger partial charge in [-0.2, -0.15) is 0 Å². The van der Waals surface area contributed by atoms with E-state index in [2.05, 4.69) is 30.9 Å². The van der Waals surface area contributed by atoms with Gasteiger partial charge in [0.1, 0.15) is 23.8 Å². The lowest BCUT2D eigenvalue weighted by atomic mass is 9.96. The van der Waals surface area contributed by atoms with Gasteiger partial charge in [0.25, 0.3) is 5.91 Å². The molecular formula is C25H27FN6O4. The Kier molecular flexibility index (Phi) is 7.69. The number of anilines is 2. The van der Waals surface area contributed by atoms with Crippen LogP contribution in [0, 0.1) is 6.92 Å². The second-order valence-corrected chi connectivity index (χ2v) is 8.36. The summed E-state index contributed by atoms with van der Waals surface area (Å²) in [4.78, 5) is 38.2. The van der Waals surface area contributed by atoms with E-state index in [-0.39, 0.29) is 24.6 Å². The number of pyridine rings is 1. The monoisotopic (exact) mass is 494 g/mol. The van der Waals surface area contributed by atoms with Gasteiger partial charge in [-0.1, -0.05) is 0 Å². The van der Waals surface area contributed by atoms with E-state index in [1.807, 2.05) is 0 Å². The Balaban J connectivity index is 1.37. The van der Waals surface area contributed by atoms with Crippen molar-refractivity contribution >= 4 is 23.2 Å². The number of hydrogen-bond acceptors (Lipinski definition) is 8. The highest BCUT2D eigenvalue weighted by Crippen LogP contribution is 2.26. The van der Waals surface area contributed by atoms with E-state index in [0.29, 0.717) is 47.2 Å². The standard InChI is InChI=1S/C25H27FN6O4/c1-16-27-11-18(12-28-16)23(33)32-25(7-8-36-15-25)24(34)30-13-19-3-4-20(14-29-19)31-22-6-5-21(35-2)9-17(22)10-26/h3-6,9,11-12,14,31H,7-8,10,13,15H2,1-2H3,(H,30,34)(H,32,33)/t25-/m0/s1. The SMILES string of the molecule is COc1ccc(Nc2ccc(CNC(=O)[C@]3(NC(=O)c4cnc(C)nc4)CCOC3)nc2)c(CF)c1. The normalized spacial score (nSPS) is 16.9. The molecule has 2 amide bonds. The van der Waals surface area contributed by atoms with Crippen LogP contribution in [0.3, 0.4) is 0 Å². The number of nitrogens with one attached hydrogen (secondary N) is 3. The third kappa shape index (κ3) is 5.74. The first kappa shape index (κ1) is 25.0. The Morgan fingerprint density at radius 1 is 1.14 bits per heavy atom. The lowest BCUT2D eigenvalue weighted by Crippen LogP contribution is -2.59. The van der Waals surface area contributed by atoms with E-state index < -0.39 is 18.1 Å². The molecule has 4 rings (SSSR count). The van der Waals surface area contributed by atoms with Gasteiger partial charge in [-0.3, -0.25) is 14.6 Å². The van der Waals surface area contributed by atoms with Crippen LogP contribution in [0.2, 0.25) is 0 Å². The Morgan fingerprint density at radius 3 is 2.58 bits per heavy atom. The smallest absolute Gasteiger partial charge is 0.255 e. The lowest BCUT2D eigenvalue weighted by molar-refractivity contribution is -0.127. The zero-order valence-electron chi connectivity index (χ0n) is 20.0. The van der Waals surface area contributed by atoms with Gasteiger partial charge in [0.05, 0.1) is 43.4 Å². The van der Waals surface area contributed by atoms with Crippen LogP contribution in [-0.2, 0) is 22.8 Å². The number of aromatic nitrogens is 3. The molecule has 1 aliphatic heterocycles. The Bertz CT molecular complexity index is 1210. The van der Waals surface area contributed by atoms with E-state index in [4.69, 9.17) is 9.47 Å². The van der Waals surface area contributed by atoms with Crippen molar-refractivity contribution in [3.63, 3.8) is 0 Å². The fourth-order valence-electron chi connectivity index (χ4n) is 3.73. The second-order valence-electron chi connectivity index (χ2n) is 8.36. The highest BCUT2D eigenvalue weighted by Gasteiger charge is 2.43. The van der Waals surface area contributed by atoms with Crippen LogP contribution >= 0.6 is 0 Å². The van der Waals surface area contributed by atoms with Crippen molar-refractivity contribution in [1.29, 1.82) is 0 Å². The van der Waals surface area contributed by atoms with Crippen LogP contribution in [0.4, 0.5) is 15.8 Å². The molecule has 0 saturated carbocycles. The Labute approximate surface area is 207 Å². The number of amides is 2. The van der Waals surface area contributed by atoms with E-state index in [9.17, 15) is 14.0 Å². The Morgan fingerprint density at radius 2 is 1.94 bits per heavy atom. The summed E-state index contributed by atoms with van der Waals surface area (Å²) in [6.07, 6.45) is 4.77. The number of carbonyl (C=O) groups excluding carboxylic acids is 2. The molecule has 0 spiro atoms. The first-order chi connectivity index (χ1) is 17.4. The summed E-state index contributed by atoms with van der Waals surface area (Å²) in [5.41, 5.74) is 1.42. The Hall–Kier alpha value is -4.12. The van der Waals surface area contributed by atoms with Gasteiger partial charge < -0.3 is 25.4 Å². The molecule has 3 N–H and O–H groups in total. The van der Waals surface area contributed by atoms with Gasteiger partial charge in [-0.25, -0.2) is 14.4 Å². The number of carbonyl (C=O) groups is 2. The van der Waals surface area contributed by atoms with Gasteiger partial charge >= 0.3 is 0 Å². The number of benzene rings is 1. The zero-order valence-corrected chi connectivity index (χ0v) is 20.0. The molecule has 1 aromatic carbocycles. The third-order valence-electron chi connectivity index (χ3n) is 5.84. The molecule has 1 aliphatic rings. The van der Waals surface area contributed by atoms with E-state index in [1.54, 1.807) is 43.5 Å². The van der Waals surface area contributed by atoms with Crippen LogP contribution in [0.5, 0.6) is 5.75 Å². The molecule has 1 atom stereocenters. The number of methoxy groups -OCH3 is 1. The molecule has 1 saturated heterocycles. The maximum atomic E-state index is 13.4. The molecule has 0 unspecified atom stereocenters. The number of rotatable bonds is 9. The average Bonchev–Trinajstić information content (AvgIpc) is 3.38. The summed E-state index contributed by atoms with van der Waals surface area (Å²) in [6.45, 7) is 1.65. The number of ether oxygens (including phenoxy) is 2. The van der Waals surface area contributed by atoms with Crippen LogP contribution < -0.4 is 20.7 Å². The number of hydrogen-bond donors (Lipinski definition) is 3. The number of alkyl halides is 1. The van der Waals surface area contributed by atoms with Crippen LogP contribution in [0.25, 0.3) is 0 Å². The van der Waals surface area contributed by atoms with Gasteiger partial charge in [0.15, 0.2) is 0 Å². The summed E-state index contributed by atoms with van der Waals surface area (Å²) in [7, 11) is 1.53. The van der Waals surface area contributed by atoms with Gasteiger partial charge in [0, 0.05) is 36.7 Å². The topological polar surface area (TPSA) is 127 Å². The van der Waals surface area contributed by atoms with Crippen molar-refractivity contribution in [2.24, 2.45) is 0 Å². The summed E-state index contributed by atoms with van der Waals surface area (Å²) >= 11 is 0. The average molecular weight is 495 g/mol. The number of halogens is 1. The number of aryl methyl sites for hydroxylation is 1. The summed E-state index contributed by atoms with van der Waals surface area (Å²) in [5, 5.41) is 8.77. The predicted molar refractivity (Wildman–Crippen MR) is 130 cm³/mol. The minimum Gasteiger partial charge on any atom is -0.497 e. The first-order valence-corrected chi connectivity index (χ1v) is 11.3. The molecule has 0 bridgehead atoms. The molecular weight excluding hydrogens is 467 g/mol. The maximum absolute atomic E-state index is 13.4. The van der Waals surface area contributed by atoms with E-state index >= 15 is 0 Å². The summed E-state index contributed by atoms with van der Waals surface area (Å²) in [6, 6.07) is 8.65. The van der Waals surface area contributed by atoms with Gasteiger partial charge in [0.2, 0.25) is 5.91 Å². The maximum Gasteiger partial charge on any atom is 0.255 e. The van der Waals surface area contributed by atoms with Crippen LogP contribution in [-0.4, -0.2) is 52.6 Å². The predicted octanol–water partition coefficient (Wildman–Crippen LogP) is 2.61. The highest BCUT2D eigenvalue weighted by atomic mass is 19.1. The summed E-state index contributed by atoms with van der Waals surface area (Å²) < 4.78 is 24.0. The van der Waals surface area contributed by atoms with Crippen molar-refractivity contribution in [2.45, 2.75) is 32.1 Å². The van der Waals surface area contributed by atoms with Gasteiger partial charge in [-0.15, -0.1) is 0 Å². The van der Waals surface area contributed by atoms with Crippen molar-refractivity contribution in [2.75, 3.05) is 25.6 Å². The molecule has 0 radical (unpaired) electrons. The molecule has 3 aromatic rings. The third-order valence-corrected chi connectivity index (χ3v) is 5.84. The molecule has 1 fully saturated rings. The molecule has 188 valence electrons. The number of nitrogens with zero attached hydrogens (tertiary/aromatic N) is 3. The molecule has 10 nitrogen and oxygen atoms in total. The lowest BCUT2D eigenvalue weighted by Gasteiger charge is -2.27. The first-order valence-electron chi connectivity index (χ1n) is 11.3. The minimum absolute atomic E-state index is 0.0618. The summed E-state index contributed by atoms with van der Waals surface area (Å²) in [5.74, 6) is 0.307. The van der Waals surface area contributed by atoms with Crippen molar-refractivity contribution in [1.82, 2.24) is 25.6 Å². The second kappa shape index (κ2) is 11.1. The van der Waals surface area contributed by atoms with Crippen LogP contribution in [0.15, 0.2) is 48.9 Å². The van der Waals surface area contributed by atoms with Crippen molar-refractivity contribution < 1.29 is 23.5 Å². The fraction of sp³-hybridized carbons (Fsp3) is 0.320. The molecule has 36 heavy (non-hydrogen) atoms. The fourth-order valence-corrected chi connectivity index (χ4v) is 3.73. The molecule has 3 heterocycles. The van der Waals surface area contributed by atoms with E-state index in [0.717, 1.165) is 0 Å². The quantitative estimate of drug-likeness (QED) is 0.414. The largest absolute Gasteiger partial charge is 0.497 e.